The molecule has 114 valence electrons. The number of hydrazine groups is 1. The Morgan fingerprint density at radius 3 is 2.15 bits per heavy atom. The van der Waals surface area contributed by atoms with Crippen LogP contribution in [-0.4, -0.2) is 6.18 Å². The van der Waals surface area contributed by atoms with Gasteiger partial charge < -0.3 is 0 Å². The highest BCUT2D eigenvalue weighted by atomic mass is 19.4. The summed E-state index contributed by atoms with van der Waals surface area (Å²) < 4.78 is 86.8. The number of nitrogens with two attached hydrogens (primary N) is 1. The third-order valence-corrected chi connectivity index (χ3v) is 2.62. The number of alkyl halides is 6. The molecule has 0 fully saturated rings. The minimum atomic E-state index is -4.93. The van der Waals surface area contributed by atoms with Gasteiger partial charge in [0.15, 0.2) is 0 Å². The summed E-state index contributed by atoms with van der Waals surface area (Å²) in [5, 5.41) is 0. The van der Waals surface area contributed by atoms with Crippen LogP contribution >= 0.6 is 0 Å². The molecule has 0 heterocycles. The Morgan fingerprint density at radius 1 is 1.10 bits per heavy atom. The van der Waals surface area contributed by atoms with Crippen LogP contribution in [0.15, 0.2) is 18.2 Å². The lowest BCUT2D eigenvalue weighted by molar-refractivity contribution is -0.140. The molecule has 0 spiro atoms. The second-order valence-corrected chi connectivity index (χ2v) is 4.11. The van der Waals surface area contributed by atoms with Gasteiger partial charge in [0.1, 0.15) is 5.82 Å². The molecule has 1 unspecified atom stereocenters. The molecule has 2 nitrogen and oxygen atoms in total. The summed E-state index contributed by atoms with van der Waals surface area (Å²) in [6.07, 6.45) is -11.2. The molecule has 9 heteroatoms. The summed E-state index contributed by atoms with van der Waals surface area (Å²) in [5.74, 6) is 3.55. The zero-order valence-electron chi connectivity index (χ0n) is 9.95. The Kier molecular flexibility index (Phi) is 4.98. The molecule has 0 aliphatic carbocycles. The minimum absolute atomic E-state index is 0.162. The van der Waals surface area contributed by atoms with Crippen LogP contribution in [0.1, 0.15) is 30.0 Å². The Hall–Kier alpha value is -1.35. The first-order valence-electron chi connectivity index (χ1n) is 5.44. The molecule has 0 bridgehead atoms. The summed E-state index contributed by atoms with van der Waals surface area (Å²) >= 11 is 0. The average Bonchev–Trinajstić information content (AvgIpc) is 2.28. The lowest BCUT2D eigenvalue weighted by Gasteiger charge is -2.19. The minimum Gasteiger partial charge on any atom is -0.271 e. The predicted octanol–water partition coefficient (Wildman–Crippen LogP) is 3.69. The van der Waals surface area contributed by atoms with Gasteiger partial charge in [-0.3, -0.25) is 11.3 Å². The Balaban J connectivity index is 2.99. The van der Waals surface area contributed by atoms with E-state index in [4.69, 9.17) is 5.84 Å². The number of hydrogen-bond acceptors (Lipinski definition) is 2. The van der Waals surface area contributed by atoms with Crippen molar-refractivity contribution in [1.29, 1.82) is 0 Å². The van der Waals surface area contributed by atoms with E-state index in [1.165, 1.54) is 0 Å². The normalized spacial score (nSPS) is 14.4. The van der Waals surface area contributed by atoms with Gasteiger partial charge in [-0.1, -0.05) is 6.07 Å². The van der Waals surface area contributed by atoms with Crippen LogP contribution in [0.5, 0.6) is 0 Å². The number of nitrogens with one attached hydrogen (secondary N) is 1. The van der Waals surface area contributed by atoms with E-state index in [0.29, 0.717) is 12.1 Å². The molecule has 0 radical (unpaired) electrons. The molecule has 1 aromatic carbocycles. The van der Waals surface area contributed by atoms with Crippen molar-refractivity contribution < 1.29 is 30.7 Å². The van der Waals surface area contributed by atoms with Gasteiger partial charge in [-0.05, 0) is 24.1 Å². The zero-order chi connectivity index (χ0) is 15.6. The van der Waals surface area contributed by atoms with Crippen molar-refractivity contribution >= 4 is 0 Å². The Morgan fingerprint density at radius 2 is 1.70 bits per heavy atom. The monoisotopic (exact) mass is 304 g/mol. The van der Waals surface area contributed by atoms with Crippen LogP contribution in [-0.2, 0) is 6.18 Å². The number of rotatable bonds is 4. The first kappa shape index (κ1) is 16.7. The summed E-state index contributed by atoms with van der Waals surface area (Å²) in [6, 6.07) is 0.816. The molecule has 0 amide bonds. The van der Waals surface area contributed by atoms with E-state index in [9.17, 15) is 30.7 Å². The Bertz CT molecular complexity index is 453. The van der Waals surface area contributed by atoms with Gasteiger partial charge in [0.2, 0.25) is 0 Å². The molecule has 0 saturated carbocycles. The van der Waals surface area contributed by atoms with Crippen LogP contribution in [0.25, 0.3) is 0 Å². The van der Waals surface area contributed by atoms with E-state index in [2.05, 4.69) is 0 Å². The second kappa shape index (κ2) is 5.96. The lowest BCUT2D eigenvalue weighted by Crippen LogP contribution is -2.29. The van der Waals surface area contributed by atoms with E-state index >= 15 is 0 Å². The van der Waals surface area contributed by atoms with Crippen molar-refractivity contribution in [2.24, 2.45) is 5.84 Å². The van der Waals surface area contributed by atoms with Gasteiger partial charge in [0, 0.05) is 12.5 Å². The maximum Gasteiger partial charge on any atom is 0.419 e. The van der Waals surface area contributed by atoms with Gasteiger partial charge in [-0.25, -0.2) is 4.39 Å². The molecule has 1 atom stereocenters. The predicted molar refractivity (Wildman–Crippen MR) is 56.8 cm³/mol. The van der Waals surface area contributed by atoms with E-state index in [1.807, 2.05) is 5.43 Å². The highest BCUT2D eigenvalue weighted by molar-refractivity contribution is 5.29. The molecule has 1 aromatic rings. The maximum absolute atomic E-state index is 13.1. The first-order chi connectivity index (χ1) is 9.04. The quantitative estimate of drug-likeness (QED) is 0.506. The van der Waals surface area contributed by atoms with Crippen molar-refractivity contribution in [1.82, 2.24) is 5.43 Å². The molecule has 0 aliphatic rings. The van der Waals surface area contributed by atoms with Gasteiger partial charge in [0.05, 0.1) is 5.56 Å². The fourth-order valence-corrected chi connectivity index (χ4v) is 1.63. The van der Waals surface area contributed by atoms with E-state index in [0.717, 1.165) is 6.07 Å². The van der Waals surface area contributed by atoms with Crippen molar-refractivity contribution in [3.8, 4) is 0 Å². The molecule has 0 aromatic heterocycles. The fourth-order valence-electron chi connectivity index (χ4n) is 1.63. The number of halogens is 7. The smallest absolute Gasteiger partial charge is 0.271 e. The molecule has 3 N–H and O–H groups in total. The highest BCUT2D eigenvalue weighted by Crippen LogP contribution is 2.34. The van der Waals surface area contributed by atoms with Gasteiger partial charge in [-0.2, -0.15) is 26.3 Å². The van der Waals surface area contributed by atoms with E-state index in [1.54, 1.807) is 0 Å². The average molecular weight is 304 g/mol. The topological polar surface area (TPSA) is 38.0 Å². The van der Waals surface area contributed by atoms with Crippen LogP contribution in [0.3, 0.4) is 0 Å². The maximum atomic E-state index is 13.1. The first-order valence-corrected chi connectivity index (χ1v) is 5.44. The molecule has 1 rings (SSSR count). The van der Waals surface area contributed by atoms with Gasteiger partial charge >= 0.3 is 12.4 Å². The van der Waals surface area contributed by atoms with Crippen molar-refractivity contribution in [3.05, 3.63) is 35.1 Å². The van der Waals surface area contributed by atoms with Crippen LogP contribution in [0, 0.1) is 5.82 Å². The van der Waals surface area contributed by atoms with E-state index in [-0.39, 0.29) is 5.56 Å². The van der Waals surface area contributed by atoms with Gasteiger partial charge in [-0.15, -0.1) is 0 Å². The van der Waals surface area contributed by atoms with E-state index < -0.39 is 42.6 Å². The zero-order valence-corrected chi connectivity index (χ0v) is 9.95. The Labute approximate surface area is 109 Å². The third-order valence-electron chi connectivity index (χ3n) is 2.62. The molecule has 20 heavy (non-hydrogen) atoms. The standard InChI is InChI=1S/C11H11F7N2/c12-8-2-1-6(5-7(8)11(16,17)18)9(20-19)3-4-10(13,14)15/h1-2,5,9,20H,3-4,19H2. The highest BCUT2D eigenvalue weighted by Gasteiger charge is 2.35. The summed E-state index contributed by atoms with van der Waals surface area (Å²) in [7, 11) is 0. The van der Waals surface area contributed by atoms with Crippen molar-refractivity contribution in [3.63, 3.8) is 0 Å². The molecular formula is C11H11F7N2. The second-order valence-electron chi connectivity index (χ2n) is 4.11. The molecular weight excluding hydrogens is 293 g/mol. The SMILES string of the molecule is NNC(CCC(F)(F)F)c1ccc(F)c(C(F)(F)F)c1. The van der Waals surface area contributed by atoms with Crippen LogP contribution in [0.2, 0.25) is 0 Å². The van der Waals surface area contributed by atoms with Crippen molar-refractivity contribution in [2.45, 2.75) is 31.2 Å². The summed E-state index contributed by atoms with van der Waals surface area (Å²) in [6.45, 7) is 0. The summed E-state index contributed by atoms with van der Waals surface area (Å²) in [5.41, 5.74) is 0.298. The largest absolute Gasteiger partial charge is 0.419 e. The van der Waals surface area contributed by atoms with Crippen LogP contribution < -0.4 is 11.3 Å². The summed E-state index contributed by atoms with van der Waals surface area (Å²) in [4.78, 5) is 0. The molecule has 0 saturated heterocycles. The van der Waals surface area contributed by atoms with Gasteiger partial charge in [0.25, 0.3) is 0 Å². The third kappa shape index (κ3) is 4.64. The van der Waals surface area contributed by atoms with Crippen molar-refractivity contribution in [2.75, 3.05) is 0 Å². The fraction of sp³-hybridized carbons (Fsp3) is 0.455. The number of benzene rings is 1. The lowest BCUT2D eigenvalue weighted by atomic mass is 9.99. The van der Waals surface area contributed by atoms with Crippen LogP contribution in [0.4, 0.5) is 30.7 Å². The number of hydrogen-bond donors (Lipinski definition) is 2. The molecule has 0 aliphatic heterocycles.